The van der Waals surface area contributed by atoms with Gasteiger partial charge in [0, 0.05) is 24.2 Å². The first kappa shape index (κ1) is 16.7. The minimum atomic E-state index is -0.361. The molecule has 0 saturated carbocycles. The molecule has 2 amide bonds. The van der Waals surface area contributed by atoms with Crippen molar-refractivity contribution in [1.82, 2.24) is 4.90 Å². The van der Waals surface area contributed by atoms with Crippen molar-refractivity contribution >= 4 is 11.8 Å². The molecule has 1 atom stereocenters. The van der Waals surface area contributed by atoms with Crippen LogP contribution < -0.4 is 5.73 Å². The number of nitrogens with zero attached hydrogens (tertiary/aromatic N) is 2. The van der Waals surface area contributed by atoms with Crippen LogP contribution in [-0.4, -0.2) is 29.8 Å². The van der Waals surface area contributed by atoms with Crippen LogP contribution in [0.15, 0.2) is 48.5 Å². The number of carbonyl (C=O) groups is 2. The number of benzene rings is 2. The van der Waals surface area contributed by atoms with Gasteiger partial charge in [0.25, 0.3) is 5.91 Å². The summed E-state index contributed by atoms with van der Waals surface area (Å²) >= 11 is 0. The molecule has 5 nitrogen and oxygen atoms in total. The van der Waals surface area contributed by atoms with Crippen LogP contribution in [0.25, 0.3) is 11.1 Å². The minimum absolute atomic E-state index is 0.130. The molecule has 5 heteroatoms. The summed E-state index contributed by atoms with van der Waals surface area (Å²) in [6.45, 7) is 0.958. The van der Waals surface area contributed by atoms with Crippen LogP contribution in [0.3, 0.4) is 0 Å². The second kappa shape index (κ2) is 7.18. The van der Waals surface area contributed by atoms with E-state index < -0.39 is 0 Å². The number of piperidine rings is 1. The smallest absolute Gasteiger partial charge is 0.254 e. The van der Waals surface area contributed by atoms with Crippen molar-refractivity contribution in [2.24, 2.45) is 11.7 Å². The number of amides is 2. The Labute approximate surface area is 146 Å². The molecule has 2 aromatic carbocycles. The van der Waals surface area contributed by atoms with Gasteiger partial charge in [0.1, 0.15) is 0 Å². The molecule has 0 aliphatic carbocycles. The van der Waals surface area contributed by atoms with Crippen LogP contribution in [0.5, 0.6) is 0 Å². The van der Waals surface area contributed by atoms with E-state index >= 15 is 0 Å². The van der Waals surface area contributed by atoms with Gasteiger partial charge in [-0.15, -0.1) is 0 Å². The average molecular weight is 333 g/mol. The van der Waals surface area contributed by atoms with E-state index in [9.17, 15) is 14.9 Å². The maximum atomic E-state index is 13.1. The maximum absolute atomic E-state index is 13.1. The molecular formula is C20H19N3O2. The molecule has 0 radical (unpaired) electrons. The predicted molar refractivity (Wildman–Crippen MR) is 94.4 cm³/mol. The van der Waals surface area contributed by atoms with E-state index in [2.05, 4.69) is 6.07 Å². The van der Waals surface area contributed by atoms with Crippen LogP contribution in [0.1, 0.15) is 28.8 Å². The highest BCUT2D eigenvalue weighted by atomic mass is 16.2. The van der Waals surface area contributed by atoms with Gasteiger partial charge < -0.3 is 10.6 Å². The number of nitrogens with two attached hydrogens (primary N) is 1. The van der Waals surface area contributed by atoms with E-state index in [-0.39, 0.29) is 17.7 Å². The fourth-order valence-corrected chi connectivity index (χ4v) is 3.28. The quantitative estimate of drug-likeness (QED) is 0.936. The molecule has 1 fully saturated rings. The Morgan fingerprint density at radius 2 is 1.76 bits per heavy atom. The Morgan fingerprint density at radius 3 is 2.48 bits per heavy atom. The summed E-state index contributed by atoms with van der Waals surface area (Å²) in [5, 5.41) is 9.36. The van der Waals surface area contributed by atoms with E-state index in [4.69, 9.17) is 5.73 Å². The summed E-state index contributed by atoms with van der Waals surface area (Å²) in [7, 11) is 0. The van der Waals surface area contributed by atoms with Crippen molar-refractivity contribution in [1.29, 1.82) is 5.26 Å². The number of hydrogen-bond acceptors (Lipinski definition) is 3. The number of hydrogen-bond donors (Lipinski definition) is 1. The maximum Gasteiger partial charge on any atom is 0.254 e. The van der Waals surface area contributed by atoms with Gasteiger partial charge in [-0.2, -0.15) is 5.26 Å². The Morgan fingerprint density at radius 1 is 1.08 bits per heavy atom. The Kier molecular flexibility index (Phi) is 4.80. The lowest BCUT2D eigenvalue weighted by Crippen LogP contribution is -2.44. The highest BCUT2D eigenvalue weighted by Crippen LogP contribution is 2.29. The van der Waals surface area contributed by atoms with Crippen LogP contribution in [0.4, 0.5) is 0 Å². The van der Waals surface area contributed by atoms with Crippen molar-refractivity contribution in [2.75, 3.05) is 13.1 Å². The molecule has 1 aliphatic heterocycles. The van der Waals surface area contributed by atoms with Crippen LogP contribution >= 0.6 is 0 Å². The van der Waals surface area contributed by atoms with Crippen molar-refractivity contribution in [3.05, 3.63) is 59.7 Å². The van der Waals surface area contributed by atoms with Crippen LogP contribution in [-0.2, 0) is 4.79 Å². The summed E-state index contributed by atoms with van der Waals surface area (Å²) in [6.07, 6.45) is 1.48. The molecule has 1 aliphatic rings. The molecule has 0 aromatic heterocycles. The molecular weight excluding hydrogens is 314 g/mol. The van der Waals surface area contributed by atoms with E-state index in [0.29, 0.717) is 24.2 Å². The lowest BCUT2D eigenvalue weighted by molar-refractivity contribution is -0.123. The summed E-state index contributed by atoms with van der Waals surface area (Å²) in [5.74, 6) is -0.786. The second-order valence-electron chi connectivity index (χ2n) is 6.20. The van der Waals surface area contributed by atoms with Crippen LogP contribution in [0.2, 0.25) is 0 Å². The van der Waals surface area contributed by atoms with Gasteiger partial charge in [-0.05, 0) is 30.5 Å². The molecule has 2 N–H and O–H groups in total. The normalized spacial score (nSPS) is 16.9. The average Bonchev–Trinajstić information content (AvgIpc) is 2.67. The van der Waals surface area contributed by atoms with E-state index in [1.165, 1.54) is 0 Å². The standard InChI is InChI=1S/C20H19N3O2/c21-12-14-6-1-2-8-16(14)17-9-3-4-10-18(17)20(25)23-11-5-7-15(13-23)19(22)24/h1-4,6,8-10,15H,5,7,11,13H2,(H2,22,24). The molecule has 0 spiro atoms. The fraction of sp³-hybridized carbons (Fsp3) is 0.250. The van der Waals surface area contributed by atoms with Gasteiger partial charge >= 0.3 is 0 Å². The first-order chi connectivity index (χ1) is 12.1. The number of likely N-dealkylation sites (tertiary alicyclic amines) is 1. The highest BCUT2D eigenvalue weighted by molar-refractivity contribution is 6.01. The number of carbonyl (C=O) groups excluding carboxylic acids is 2. The third-order valence-electron chi connectivity index (χ3n) is 4.61. The van der Waals surface area contributed by atoms with Gasteiger partial charge in [-0.3, -0.25) is 9.59 Å². The van der Waals surface area contributed by atoms with Crippen LogP contribution in [0, 0.1) is 17.2 Å². The lowest BCUT2D eigenvalue weighted by atomic mass is 9.93. The zero-order valence-corrected chi connectivity index (χ0v) is 13.8. The third-order valence-corrected chi connectivity index (χ3v) is 4.61. The van der Waals surface area contributed by atoms with Gasteiger partial charge in [0.05, 0.1) is 17.6 Å². The zero-order chi connectivity index (χ0) is 17.8. The molecule has 1 saturated heterocycles. The van der Waals surface area contributed by atoms with E-state index in [1.54, 1.807) is 29.2 Å². The van der Waals surface area contributed by atoms with Crippen molar-refractivity contribution in [3.8, 4) is 17.2 Å². The summed E-state index contributed by atoms with van der Waals surface area (Å²) in [6, 6.07) is 16.7. The zero-order valence-electron chi connectivity index (χ0n) is 13.8. The van der Waals surface area contributed by atoms with Gasteiger partial charge in [-0.1, -0.05) is 36.4 Å². The molecule has 1 unspecified atom stereocenters. The molecule has 2 aromatic rings. The first-order valence-electron chi connectivity index (χ1n) is 8.29. The van der Waals surface area contributed by atoms with Gasteiger partial charge in [-0.25, -0.2) is 0 Å². The molecule has 0 bridgehead atoms. The summed E-state index contributed by atoms with van der Waals surface area (Å²) in [4.78, 5) is 26.2. The molecule has 25 heavy (non-hydrogen) atoms. The summed E-state index contributed by atoms with van der Waals surface area (Å²) < 4.78 is 0. The third kappa shape index (κ3) is 3.38. The minimum Gasteiger partial charge on any atom is -0.369 e. The fourth-order valence-electron chi connectivity index (χ4n) is 3.28. The molecule has 3 rings (SSSR count). The number of nitriles is 1. The predicted octanol–water partition coefficient (Wildman–Crippen LogP) is 2.56. The molecule has 126 valence electrons. The first-order valence-corrected chi connectivity index (χ1v) is 8.29. The molecule has 1 heterocycles. The topological polar surface area (TPSA) is 87.2 Å². The lowest BCUT2D eigenvalue weighted by Gasteiger charge is -2.31. The summed E-state index contributed by atoms with van der Waals surface area (Å²) in [5.41, 5.74) is 7.94. The van der Waals surface area contributed by atoms with Gasteiger partial charge in [0.2, 0.25) is 5.91 Å². The SMILES string of the molecule is N#Cc1ccccc1-c1ccccc1C(=O)N1CCCC(C(N)=O)C1. The Bertz CT molecular complexity index is 854. The Hall–Kier alpha value is -3.13. The number of rotatable bonds is 3. The monoisotopic (exact) mass is 333 g/mol. The van der Waals surface area contributed by atoms with E-state index in [1.807, 2.05) is 24.3 Å². The number of primary amides is 1. The van der Waals surface area contributed by atoms with E-state index in [0.717, 1.165) is 24.0 Å². The van der Waals surface area contributed by atoms with Crippen molar-refractivity contribution in [2.45, 2.75) is 12.8 Å². The van der Waals surface area contributed by atoms with Crippen molar-refractivity contribution < 1.29 is 9.59 Å². The van der Waals surface area contributed by atoms with Gasteiger partial charge in [0.15, 0.2) is 0 Å². The largest absolute Gasteiger partial charge is 0.369 e. The Balaban J connectivity index is 1.97. The highest BCUT2D eigenvalue weighted by Gasteiger charge is 2.28. The van der Waals surface area contributed by atoms with Crippen molar-refractivity contribution in [3.63, 3.8) is 0 Å². The second-order valence-corrected chi connectivity index (χ2v) is 6.20.